The average Bonchev–Trinajstić information content (AvgIpc) is 2.32. The lowest BCUT2D eigenvalue weighted by Gasteiger charge is -2.18. The molecule has 108 valence electrons. The van der Waals surface area contributed by atoms with Crippen LogP contribution in [0.25, 0.3) is 0 Å². The van der Waals surface area contributed by atoms with Gasteiger partial charge in [-0.15, -0.1) is 0 Å². The Labute approximate surface area is 115 Å². The van der Waals surface area contributed by atoms with E-state index in [2.05, 4.69) is 0 Å². The van der Waals surface area contributed by atoms with E-state index < -0.39 is 5.97 Å². The Kier molecular flexibility index (Phi) is 7.35. The number of rotatable bonds is 4. The Morgan fingerprint density at radius 2 is 1.47 bits per heavy atom. The van der Waals surface area contributed by atoms with Gasteiger partial charge in [0.25, 0.3) is 0 Å². The second-order valence-corrected chi connectivity index (χ2v) is 4.94. The molecule has 0 aliphatic heterocycles. The lowest BCUT2D eigenvalue weighted by atomic mass is 9.87. The molecular weight excluding hydrogens is 243 g/mol. The zero-order valence-corrected chi connectivity index (χ0v) is 12.7. The van der Waals surface area contributed by atoms with E-state index in [9.17, 15) is 9.18 Å². The van der Waals surface area contributed by atoms with Gasteiger partial charge in [0.15, 0.2) is 0 Å². The summed E-state index contributed by atoms with van der Waals surface area (Å²) in [6.07, 6.45) is -0.0404. The summed E-state index contributed by atoms with van der Waals surface area (Å²) in [6.45, 7) is 11.8. The van der Waals surface area contributed by atoms with Crippen LogP contribution in [0.3, 0.4) is 0 Å². The Bertz CT molecular complexity index is 394. The molecule has 0 atom stereocenters. The number of aliphatic carboxylic acids is 1. The van der Waals surface area contributed by atoms with Gasteiger partial charge in [-0.2, -0.15) is 0 Å². The maximum Gasteiger partial charge on any atom is 0.307 e. The first-order valence-corrected chi connectivity index (χ1v) is 6.87. The number of carboxylic acids is 1. The third-order valence-corrected chi connectivity index (χ3v) is 2.86. The molecule has 1 N–H and O–H groups in total. The minimum absolute atomic E-state index is 0.0404. The van der Waals surface area contributed by atoms with Crippen molar-refractivity contribution in [3.05, 3.63) is 34.6 Å². The van der Waals surface area contributed by atoms with Crippen LogP contribution in [0.2, 0.25) is 0 Å². The topological polar surface area (TPSA) is 37.3 Å². The van der Waals surface area contributed by atoms with Crippen molar-refractivity contribution < 1.29 is 14.3 Å². The molecule has 0 amide bonds. The van der Waals surface area contributed by atoms with Crippen LogP contribution < -0.4 is 0 Å². The Morgan fingerprint density at radius 1 is 1.11 bits per heavy atom. The van der Waals surface area contributed by atoms with Gasteiger partial charge in [-0.25, -0.2) is 4.39 Å². The number of carbonyl (C=O) groups is 1. The van der Waals surface area contributed by atoms with E-state index in [0.29, 0.717) is 0 Å². The van der Waals surface area contributed by atoms with Gasteiger partial charge in [-0.3, -0.25) is 4.79 Å². The summed E-state index contributed by atoms with van der Waals surface area (Å²) in [5.41, 5.74) is 2.37. The van der Waals surface area contributed by atoms with Gasteiger partial charge in [0.2, 0.25) is 0 Å². The van der Waals surface area contributed by atoms with Gasteiger partial charge in [-0.05, 0) is 40.7 Å². The van der Waals surface area contributed by atoms with E-state index in [0.717, 1.165) is 16.7 Å². The smallest absolute Gasteiger partial charge is 0.307 e. The largest absolute Gasteiger partial charge is 0.481 e. The summed E-state index contributed by atoms with van der Waals surface area (Å²) in [5.74, 6) is -0.915. The molecule has 3 heteroatoms. The maximum atomic E-state index is 13.5. The lowest BCUT2D eigenvalue weighted by Crippen LogP contribution is -2.10. The fourth-order valence-electron chi connectivity index (χ4n) is 2.07. The molecule has 0 aliphatic carbocycles. The minimum Gasteiger partial charge on any atom is -0.481 e. The van der Waals surface area contributed by atoms with Crippen molar-refractivity contribution in [2.45, 2.75) is 59.8 Å². The Morgan fingerprint density at radius 3 is 1.74 bits per heavy atom. The fourth-order valence-corrected chi connectivity index (χ4v) is 2.07. The Hall–Kier alpha value is -1.38. The highest BCUT2D eigenvalue weighted by atomic mass is 19.1. The van der Waals surface area contributed by atoms with Crippen molar-refractivity contribution in [2.75, 3.05) is 0 Å². The number of benzene rings is 1. The normalized spacial score (nSPS) is 10.4. The second kappa shape index (κ2) is 7.93. The van der Waals surface area contributed by atoms with E-state index in [4.69, 9.17) is 5.11 Å². The van der Waals surface area contributed by atoms with Crippen LogP contribution in [0.1, 0.15) is 70.1 Å². The molecule has 19 heavy (non-hydrogen) atoms. The maximum absolute atomic E-state index is 13.5. The zero-order valence-electron chi connectivity index (χ0n) is 12.7. The Balaban J connectivity index is 0.00000154. The van der Waals surface area contributed by atoms with Crippen molar-refractivity contribution >= 4 is 5.97 Å². The summed E-state index contributed by atoms with van der Waals surface area (Å²) in [6, 6.07) is 2.91. The molecule has 0 saturated heterocycles. The summed E-state index contributed by atoms with van der Waals surface area (Å²) in [5, 5.41) is 8.95. The van der Waals surface area contributed by atoms with Crippen LogP contribution in [-0.4, -0.2) is 11.1 Å². The predicted molar refractivity (Wildman–Crippen MR) is 77.3 cm³/mol. The monoisotopic (exact) mass is 268 g/mol. The van der Waals surface area contributed by atoms with Crippen molar-refractivity contribution in [2.24, 2.45) is 0 Å². The molecule has 1 aromatic rings. The first-order valence-electron chi connectivity index (χ1n) is 6.87. The van der Waals surface area contributed by atoms with Crippen LogP contribution in [-0.2, 0) is 11.2 Å². The third kappa shape index (κ3) is 5.01. The van der Waals surface area contributed by atoms with Gasteiger partial charge in [0.05, 0.1) is 6.42 Å². The fraction of sp³-hybridized carbons (Fsp3) is 0.562. The van der Waals surface area contributed by atoms with E-state index in [1.165, 1.54) is 12.1 Å². The zero-order chi connectivity index (χ0) is 15.2. The van der Waals surface area contributed by atoms with Gasteiger partial charge in [-0.1, -0.05) is 41.5 Å². The van der Waals surface area contributed by atoms with Gasteiger partial charge in [0, 0.05) is 0 Å². The van der Waals surface area contributed by atoms with Crippen LogP contribution in [0.15, 0.2) is 12.1 Å². The summed E-state index contributed by atoms with van der Waals surface area (Å²) >= 11 is 0. The summed E-state index contributed by atoms with van der Waals surface area (Å²) in [7, 11) is 0. The van der Waals surface area contributed by atoms with Crippen molar-refractivity contribution in [3.8, 4) is 0 Å². The lowest BCUT2D eigenvalue weighted by molar-refractivity contribution is -0.136. The SMILES string of the molecule is CC.CC(C)c1cc(F)cc(C(C)C)c1CC(=O)O. The molecule has 0 fully saturated rings. The highest BCUT2D eigenvalue weighted by Crippen LogP contribution is 2.29. The molecule has 0 aliphatic rings. The second-order valence-electron chi connectivity index (χ2n) is 4.94. The van der Waals surface area contributed by atoms with Crippen molar-refractivity contribution in [1.29, 1.82) is 0 Å². The average molecular weight is 268 g/mol. The van der Waals surface area contributed by atoms with Gasteiger partial charge in [0.1, 0.15) is 5.82 Å². The number of halogens is 1. The van der Waals surface area contributed by atoms with Crippen molar-refractivity contribution in [1.82, 2.24) is 0 Å². The molecule has 0 heterocycles. The van der Waals surface area contributed by atoms with E-state index in [1.54, 1.807) is 0 Å². The van der Waals surface area contributed by atoms with E-state index in [1.807, 2.05) is 41.5 Å². The third-order valence-electron chi connectivity index (χ3n) is 2.86. The standard InChI is InChI=1S/C14H19FO2.C2H6/c1-8(2)11-5-10(15)6-12(9(3)4)13(11)7-14(16)17;1-2/h5-6,8-9H,7H2,1-4H3,(H,16,17);1-2H3. The number of hydrogen-bond acceptors (Lipinski definition) is 1. The first kappa shape index (κ1) is 17.6. The van der Waals surface area contributed by atoms with Crippen LogP contribution in [0.5, 0.6) is 0 Å². The number of carboxylic acid groups (broad SMARTS) is 1. The first-order chi connectivity index (χ1) is 8.82. The van der Waals surface area contributed by atoms with Gasteiger partial charge >= 0.3 is 5.97 Å². The molecular formula is C16H25FO2. The van der Waals surface area contributed by atoms with Crippen LogP contribution in [0.4, 0.5) is 4.39 Å². The summed E-state index contributed by atoms with van der Waals surface area (Å²) < 4.78 is 13.5. The molecule has 0 bridgehead atoms. The molecule has 1 rings (SSSR count). The van der Waals surface area contributed by atoms with Crippen LogP contribution in [0, 0.1) is 5.82 Å². The van der Waals surface area contributed by atoms with Gasteiger partial charge < -0.3 is 5.11 Å². The molecule has 1 aromatic carbocycles. The predicted octanol–water partition coefficient (Wildman–Crippen LogP) is 4.73. The highest BCUT2D eigenvalue weighted by molar-refractivity contribution is 5.71. The molecule has 0 unspecified atom stereocenters. The molecule has 0 radical (unpaired) electrons. The molecule has 2 nitrogen and oxygen atoms in total. The van der Waals surface area contributed by atoms with E-state index >= 15 is 0 Å². The molecule has 0 saturated carbocycles. The quantitative estimate of drug-likeness (QED) is 0.857. The molecule has 0 spiro atoms. The minimum atomic E-state index is -0.875. The summed E-state index contributed by atoms with van der Waals surface area (Å²) in [4.78, 5) is 10.9. The number of hydrogen-bond donors (Lipinski definition) is 1. The van der Waals surface area contributed by atoms with Crippen LogP contribution >= 0.6 is 0 Å². The van der Waals surface area contributed by atoms with E-state index in [-0.39, 0.29) is 24.1 Å². The highest BCUT2D eigenvalue weighted by Gasteiger charge is 2.17. The molecule has 0 aromatic heterocycles. The van der Waals surface area contributed by atoms with Crippen molar-refractivity contribution in [3.63, 3.8) is 0 Å².